The molecule has 3 nitrogen and oxygen atoms in total. The van der Waals surface area contributed by atoms with Crippen LogP contribution in [0.3, 0.4) is 0 Å². The van der Waals surface area contributed by atoms with Crippen LogP contribution in [0.5, 0.6) is 0 Å². The molecule has 4 heteroatoms. The predicted molar refractivity (Wildman–Crippen MR) is 95.1 cm³/mol. The van der Waals surface area contributed by atoms with Crippen LogP contribution >= 0.6 is 11.3 Å². The van der Waals surface area contributed by atoms with E-state index in [1.165, 1.54) is 16.9 Å². The first-order chi connectivity index (χ1) is 11.2. The maximum atomic E-state index is 12.5. The molecule has 0 bridgehead atoms. The van der Waals surface area contributed by atoms with Crippen LogP contribution < -0.4 is 5.32 Å². The molecule has 0 aliphatic rings. The zero-order valence-electron chi connectivity index (χ0n) is 13.0. The highest BCUT2D eigenvalue weighted by molar-refractivity contribution is 7.15. The Kier molecular flexibility index (Phi) is 4.83. The number of benzene rings is 2. The molecule has 116 valence electrons. The van der Waals surface area contributed by atoms with Crippen molar-refractivity contribution in [2.75, 3.05) is 5.32 Å². The van der Waals surface area contributed by atoms with Crippen molar-refractivity contribution < 1.29 is 4.79 Å². The fourth-order valence-electron chi connectivity index (χ4n) is 2.46. The number of aromatic nitrogens is 1. The number of aryl methyl sites for hydroxylation is 3. The molecule has 0 spiro atoms. The fraction of sp³-hybridized carbons (Fsp3) is 0.158. The lowest BCUT2D eigenvalue weighted by molar-refractivity contribution is 0.102. The van der Waals surface area contributed by atoms with Crippen molar-refractivity contribution in [3.8, 4) is 0 Å². The molecule has 3 aromatic rings. The van der Waals surface area contributed by atoms with E-state index < -0.39 is 0 Å². The maximum Gasteiger partial charge on any atom is 0.257 e. The van der Waals surface area contributed by atoms with E-state index in [0.717, 1.165) is 28.8 Å². The van der Waals surface area contributed by atoms with Gasteiger partial charge in [0.15, 0.2) is 5.13 Å². The summed E-state index contributed by atoms with van der Waals surface area (Å²) in [5.74, 6) is -0.0944. The minimum Gasteiger partial charge on any atom is -0.298 e. The van der Waals surface area contributed by atoms with Crippen LogP contribution in [0, 0.1) is 6.92 Å². The van der Waals surface area contributed by atoms with Crippen molar-refractivity contribution in [2.45, 2.75) is 19.8 Å². The summed E-state index contributed by atoms with van der Waals surface area (Å²) in [5.41, 5.74) is 3.05. The van der Waals surface area contributed by atoms with Gasteiger partial charge in [-0.25, -0.2) is 4.98 Å². The van der Waals surface area contributed by atoms with E-state index in [4.69, 9.17) is 0 Å². The molecule has 23 heavy (non-hydrogen) atoms. The molecule has 0 atom stereocenters. The number of nitrogens with one attached hydrogen (secondary N) is 1. The summed E-state index contributed by atoms with van der Waals surface area (Å²) in [4.78, 5) is 17.8. The number of amides is 1. The second-order valence-electron chi connectivity index (χ2n) is 5.37. The molecule has 1 N–H and O–H groups in total. The second-order valence-corrected chi connectivity index (χ2v) is 6.61. The third-order valence-electron chi connectivity index (χ3n) is 3.63. The van der Waals surface area contributed by atoms with Gasteiger partial charge >= 0.3 is 0 Å². The maximum absolute atomic E-state index is 12.5. The van der Waals surface area contributed by atoms with Crippen LogP contribution in [0.4, 0.5) is 5.13 Å². The molecular formula is C19H18N2OS. The largest absolute Gasteiger partial charge is 0.298 e. The molecule has 0 aliphatic carbocycles. The summed E-state index contributed by atoms with van der Waals surface area (Å²) in [6, 6.07) is 18.1. The molecule has 1 aromatic heterocycles. The Labute approximate surface area is 140 Å². The number of rotatable bonds is 5. The van der Waals surface area contributed by atoms with Crippen molar-refractivity contribution in [2.24, 2.45) is 0 Å². The zero-order chi connectivity index (χ0) is 16.1. The smallest absolute Gasteiger partial charge is 0.257 e. The average Bonchev–Trinajstić information content (AvgIpc) is 2.99. The second kappa shape index (κ2) is 7.20. The Morgan fingerprint density at radius 3 is 2.52 bits per heavy atom. The zero-order valence-corrected chi connectivity index (χ0v) is 13.8. The van der Waals surface area contributed by atoms with Gasteiger partial charge in [0.25, 0.3) is 5.91 Å². The summed E-state index contributed by atoms with van der Waals surface area (Å²) in [6.45, 7) is 1.97. The number of hydrogen-bond donors (Lipinski definition) is 1. The van der Waals surface area contributed by atoms with Crippen LogP contribution in [-0.2, 0) is 12.8 Å². The van der Waals surface area contributed by atoms with Crippen LogP contribution in [0.15, 0.2) is 60.8 Å². The topological polar surface area (TPSA) is 42.0 Å². The predicted octanol–water partition coefficient (Wildman–Crippen LogP) is 4.49. The molecular weight excluding hydrogens is 304 g/mol. The van der Waals surface area contributed by atoms with Gasteiger partial charge in [-0.15, -0.1) is 11.3 Å². The van der Waals surface area contributed by atoms with Crippen LogP contribution in [-0.4, -0.2) is 10.9 Å². The number of nitrogens with zero attached hydrogens (tertiary/aromatic N) is 1. The first-order valence-corrected chi connectivity index (χ1v) is 8.39. The molecule has 0 saturated heterocycles. The molecule has 0 aliphatic heterocycles. The Morgan fingerprint density at radius 2 is 1.78 bits per heavy atom. The van der Waals surface area contributed by atoms with Gasteiger partial charge in [0.2, 0.25) is 0 Å². The van der Waals surface area contributed by atoms with E-state index in [1.54, 1.807) is 6.20 Å². The lowest BCUT2D eigenvalue weighted by Gasteiger charge is -2.09. The van der Waals surface area contributed by atoms with E-state index in [1.807, 2.05) is 49.4 Å². The number of hydrogen-bond acceptors (Lipinski definition) is 3. The number of carbonyl (C=O) groups is 1. The Morgan fingerprint density at radius 1 is 1.04 bits per heavy atom. The highest BCUT2D eigenvalue weighted by Crippen LogP contribution is 2.19. The van der Waals surface area contributed by atoms with Gasteiger partial charge in [0.05, 0.1) is 0 Å². The van der Waals surface area contributed by atoms with Crippen molar-refractivity contribution in [3.05, 3.63) is 82.4 Å². The Balaban J connectivity index is 1.73. The lowest BCUT2D eigenvalue weighted by atomic mass is 9.99. The van der Waals surface area contributed by atoms with Crippen molar-refractivity contribution >= 4 is 22.4 Å². The lowest BCUT2D eigenvalue weighted by Crippen LogP contribution is -2.14. The van der Waals surface area contributed by atoms with Crippen LogP contribution in [0.1, 0.15) is 26.4 Å². The van der Waals surface area contributed by atoms with Gasteiger partial charge in [-0.05, 0) is 37.0 Å². The van der Waals surface area contributed by atoms with Crippen LogP contribution in [0.25, 0.3) is 0 Å². The minimum absolute atomic E-state index is 0.0944. The highest BCUT2D eigenvalue weighted by Gasteiger charge is 2.12. The fourth-order valence-corrected chi connectivity index (χ4v) is 3.12. The Bertz CT molecular complexity index is 796. The first-order valence-electron chi connectivity index (χ1n) is 7.58. The number of thiazole rings is 1. The van der Waals surface area contributed by atoms with Gasteiger partial charge in [0, 0.05) is 16.6 Å². The molecule has 1 heterocycles. The van der Waals surface area contributed by atoms with E-state index in [2.05, 4.69) is 22.4 Å². The summed E-state index contributed by atoms with van der Waals surface area (Å²) >= 11 is 1.48. The van der Waals surface area contributed by atoms with Gasteiger partial charge in [-0.2, -0.15) is 0 Å². The normalized spacial score (nSPS) is 10.5. The first kappa shape index (κ1) is 15.4. The number of carbonyl (C=O) groups excluding carboxylic acids is 1. The van der Waals surface area contributed by atoms with Gasteiger partial charge in [-0.1, -0.05) is 48.5 Å². The van der Waals surface area contributed by atoms with Crippen molar-refractivity contribution in [3.63, 3.8) is 0 Å². The third-order valence-corrected chi connectivity index (χ3v) is 4.46. The highest BCUT2D eigenvalue weighted by atomic mass is 32.1. The molecule has 1 amide bonds. The Hall–Kier alpha value is -2.46. The molecule has 0 radical (unpaired) electrons. The quantitative estimate of drug-likeness (QED) is 0.752. The third kappa shape index (κ3) is 4.05. The molecule has 3 rings (SSSR count). The van der Waals surface area contributed by atoms with Crippen molar-refractivity contribution in [1.82, 2.24) is 4.98 Å². The molecule has 0 fully saturated rings. The molecule has 0 unspecified atom stereocenters. The standard InChI is InChI=1S/C19H18N2OS/c1-14-13-20-19(23-14)21-18(22)17-10-6-5-9-16(17)12-11-15-7-3-2-4-8-15/h2-10,13H,11-12H2,1H3,(H,20,21,22). The van der Waals surface area contributed by atoms with Crippen molar-refractivity contribution in [1.29, 1.82) is 0 Å². The summed E-state index contributed by atoms with van der Waals surface area (Å²) < 4.78 is 0. The van der Waals surface area contributed by atoms with E-state index in [-0.39, 0.29) is 5.91 Å². The van der Waals surface area contributed by atoms with Gasteiger partial charge in [-0.3, -0.25) is 10.1 Å². The SMILES string of the molecule is Cc1cnc(NC(=O)c2ccccc2CCc2ccccc2)s1. The summed E-state index contributed by atoms with van der Waals surface area (Å²) in [5, 5.41) is 3.53. The van der Waals surface area contributed by atoms with E-state index in [0.29, 0.717) is 5.13 Å². The summed E-state index contributed by atoms with van der Waals surface area (Å²) in [7, 11) is 0. The van der Waals surface area contributed by atoms with E-state index >= 15 is 0 Å². The number of anilines is 1. The summed E-state index contributed by atoms with van der Waals surface area (Å²) in [6.07, 6.45) is 3.52. The van der Waals surface area contributed by atoms with Crippen LogP contribution in [0.2, 0.25) is 0 Å². The minimum atomic E-state index is -0.0944. The average molecular weight is 322 g/mol. The molecule has 0 saturated carbocycles. The molecule has 2 aromatic carbocycles. The van der Waals surface area contributed by atoms with Gasteiger partial charge in [0.1, 0.15) is 0 Å². The monoisotopic (exact) mass is 322 g/mol. The van der Waals surface area contributed by atoms with Gasteiger partial charge < -0.3 is 0 Å². The van der Waals surface area contributed by atoms with E-state index in [9.17, 15) is 4.79 Å².